The van der Waals surface area contributed by atoms with Gasteiger partial charge in [-0.2, -0.15) is 0 Å². The largest absolute Gasteiger partial charge is 0.367 e. The smallest absolute Gasteiger partial charge is 0.144 e. The molecule has 1 aromatic rings. The highest BCUT2D eigenvalue weighted by atomic mass is 35.5. The fourth-order valence-corrected chi connectivity index (χ4v) is 2.77. The van der Waals surface area contributed by atoms with Gasteiger partial charge in [-0.25, -0.2) is 4.98 Å². The minimum absolute atomic E-state index is 0.265. The molecule has 2 rings (SSSR count). The van der Waals surface area contributed by atoms with Gasteiger partial charge < -0.3 is 10.2 Å². The molecule has 0 atom stereocenters. The number of nitrogens with one attached hydrogen (secondary N) is 1. The summed E-state index contributed by atoms with van der Waals surface area (Å²) in [6.45, 7) is 0.913. The zero-order valence-electron chi connectivity index (χ0n) is 10.5. The Morgan fingerprint density at radius 1 is 1.41 bits per heavy atom. The molecule has 1 saturated carbocycles. The van der Waals surface area contributed by atoms with Gasteiger partial charge in [0.15, 0.2) is 0 Å². The van der Waals surface area contributed by atoms with Gasteiger partial charge in [0.2, 0.25) is 0 Å². The molecule has 3 nitrogen and oxygen atoms in total. The summed E-state index contributed by atoms with van der Waals surface area (Å²) in [5.41, 5.74) is 0.265. The molecule has 4 heteroatoms. The van der Waals surface area contributed by atoms with Crippen LogP contribution in [-0.2, 0) is 0 Å². The van der Waals surface area contributed by atoms with Crippen molar-refractivity contribution in [3.8, 4) is 0 Å². The van der Waals surface area contributed by atoms with E-state index in [1.807, 2.05) is 12.1 Å². The Balaban J connectivity index is 2.03. The molecule has 1 N–H and O–H groups in total. The number of aromatic nitrogens is 1. The Kier molecular flexibility index (Phi) is 3.89. The van der Waals surface area contributed by atoms with Gasteiger partial charge in [0, 0.05) is 18.3 Å². The number of pyridine rings is 1. The van der Waals surface area contributed by atoms with Crippen molar-refractivity contribution in [1.82, 2.24) is 9.88 Å². The van der Waals surface area contributed by atoms with Gasteiger partial charge in [0.25, 0.3) is 0 Å². The van der Waals surface area contributed by atoms with Gasteiger partial charge in [-0.1, -0.05) is 24.4 Å². The average molecular weight is 254 g/mol. The molecule has 0 radical (unpaired) electrons. The minimum atomic E-state index is 0.265. The third-order valence-corrected chi connectivity index (χ3v) is 4.13. The highest BCUT2D eigenvalue weighted by molar-refractivity contribution is 6.32. The molecule has 1 heterocycles. The van der Waals surface area contributed by atoms with Crippen LogP contribution in [0.1, 0.15) is 25.7 Å². The molecular formula is C13H20ClN3. The van der Waals surface area contributed by atoms with Crippen molar-refractivity contribution in [3.05, 3.63) is 23.4 Å². The summed E-state index contributed by atoms with van der Waals surface area (Å²) in [7, 11) is 4.32. The molecule has 0 bridgehead atoms. The van der Waals surface area contributed by atoms with Crippen LogP contribution in [0.2, 0.25) is 5.02 Å². The number of rotatable bonds is 4. The molecule has 1 fully saturated rings. The lowest BCUT2D eigenvalue weighted by Gasteiger charge is -2.36. The summed E-state index contributed by atoms with van der Waals surface area (Å²) < 4.78 is 0. The van der Waals surface area contributed by atoms with Crippen LogP contribution in [0.15, 0.2) is 18.3 Å². The van der Waals surface area contributed by atoms with Gasteiger partial charge >= 0.3 is 0 Å². The van der Waals surface area contributed by atoms with E-state index in [1.165, 1.54) is 25.7 Å². The van der Waals surface area contributed by atoms with Crippen LogP contribution in [0.5, 0.6) is 0 Å². The predicted molar refractivity (Wildman–Crippen MR) is 72.6 cm³/mol. The number of hydrogen-bond donors (Lipinski definition) is 1. The lowest BCUT2D eigenvalue weighted by Crippen LogP contribution is -2.47. The van der Waals surface area contributed by atoms with Gasteiger partial charge in [-0.05, 0) is 39.1 Å². The van der Waals surface area contributed by atoms with E-state index in [9.17, 15) is 0 Å². The molecule has 0 amide bonds. The molecule has 0 unspecified atom stereocenters. The second-order valence-electron chi connectivity index (χ2n) is 5.01. The maximum Gasteiger partial charge on any atom is 0.144 e. The van der Waals surface area contributed by atoms with Crippen LogP contribution in [-0.4, -0.2) is 36.1 Å². The van der Waals surface area contributed by atoms with Crippen LogP contribution in [0.3, 0.4) is 0 Å². The van der Waals surface area contributed by atoms with Gasteiger partial charge in [-0.3, -0.25) is 0 Å². The van der Waals surface area contributed by atoms with Crippen molar-refractivity contribution < 1.29 is 0 Å². The van der Waals surface area contributed by atoms with E-state index in [-0.39, 0.29) is 5.54 Å². The second kappa shape index (κ2) is 5.23. The van der Waals surface area contributed by atoms with E-state index in [0.29, 0.717) is 5.02 Å². The lowest BCUT2D eigenvalue weighted by molar-refractivity contribution is 0.172. The van der Waals surface area contributed by atoms with E-state index in [2.05, 4.69) is 29.3 Å². The number of halogens is 1. The zero-order valence-corrected chi connectivity index (χ0v) is 11.3. The molecular weight excluding hydrogens is 234 g/mol. The SMILES string of the molecule is CN(C)C1(CNc2ncccc2Cl)CCCC1. The van der Waals surface area contributed by atoms with Crippen molar-refractivity contribution in [2.45, 2.75) is 31.2 Å². The van der Waals surface area contributed by atoms with E-state index < -0.39 is 0 Å². The van der Waals surface area contributed by atoms with Gasteiger partial charge in [-0.15, -0.1) is 0 Å². The van der Waals surface area contributed by atoms with Gasteiger partial charge in [0.05, 0.1) is 5.02 Å². The molecule has 0 aromatic carbocycles. The van der Waals surface area contributed by atoms with E-state index >= 15 is 0 Å². The van der Waals surface area contributed by atoms with Crippen molar-refractivity contribution in [3.63, 3.8) is 0 Å². The lowest BCUT2D eigenvalue weighted by atomic mass is 9.96. The maximum atomic E-state index is 6.10. The summed E-state index contributed by atoms with van der Waals surface area (Å²) in [6, 6.07) is 3.72. The standard InChI is InChI=1S/C13H20ClN3/c1-17(2)13(7-3-4-8-13)10-16-12-11(14)6-5-9-15-12/h5-6,9H,3-4,7-8,10H2,1-2H3,(H,15,16). The Hall–Kier alpha value is -0.800. The number of nitrogens with zero attached hydrogens (tertiary/aromatic N) is 2. The Morgan fingerprint density at radius 3 is 2.71 bits per heavy atom. The molecule has 1 aromatic heterocycles. The fraction of sp³-hybridized carbons (Fsp3) is 0.615. The first-order valence-electron chi connectivity index (χ1n) is 6.16. The monoisotopic (exact) mass is 253 g/mol. The topological polar surface area (TPSA) is 28.2 Å². The third kappa shape index (κ3) is 2.72. The van der Waals surface area contributed by atoms with Crippen LogP contribution in [0, 0.1) is 0 Å². The summed E-state index contributed by atoms with van der Waals surface area (Å²) in [4.78, 5) is 6.61. The second-order valence-corrected chi connectivity index (χ2v) is 5.42. The molecule has 0 spiro atoms. The van der Waals surface area contributed by atoms with Gasteiger partial charge in [0.1, 0.15) is 5.82 Å². The van der Waals surface area contributed by atoms with E-state index in [1.54, 1.807) is 6.20 Å². The Labute approximate surface area is 108 Å². The molecule has 17 heavy (non-hydrogen) atoms. The Morgan fingerprint density at radius 2 is 2.12 bits per heavy atom. The molecule has 0 aliphatic heterocycles. The van der Waals surface area contributed by atoms with Crippen LogP contribution in [0.25, 0.3) is 0 Å². The highest BCUT2D eigenvalue weighted by Gasteiger charge is 2.35. The van der Waals surface area contributed by atoms with Crippen molar-refractivity contribution in [2.24, 2.45) is 0 Å². The van der Waals surface area contributed by atoms with E-state index in [0.717, 1.165) is 12.4 Å². The zero-order chi connectivity index (χ0) is 12.3. The number of likely N-dealkylation sites (N-methyl/N-ethyl adjacent to an activating group) is 1. The Bertz CT molecular complexity index is 373. The summed E-state index contributed by atoms with van der Waals surface area (Å²) in [6.07, 6.45) is 6.89. The molecule has 0 saturated heterocycles. The summed E-state index contributed by atoms with van der Waals surface area (Å²) >= 11 is 6.10. The first-order chi connectivity index (χ1) is 8.14. The van der Waals surface area contributed by atoms with Crippen molar-refractivity contribution >= 4 is 17.4 Å². The van der Waals surface area contributed by atoms with Crippen molar-refractivity contribution in [1.29, 1.82) is 0 Å². The number of hydrogen-bond acceptors (Lipinski definition) is 3. The first kappa shape index (κ1) is 12.7. The quantitative estimate of drug-likeness (QED) is 0.894. The normalized spacial score (nSPS) is 18.6. The number of anilines is 1. The molecule has 1 aliphatic rings. The van der Waals surface area contributed by atoms with E-state index in [4.69, 9.17) is 11.6 Å². The van der Waals surface area contributed by atoms with Crippen molar-refractivity contribution in [2.75, 3.05) is 26.0 Å². The average Bonchev–Trinajstić information content (AvgIpc) is 2.78. The third-order valence-electron chi connectivity index (χ3n) is 3.83. The first-order valence-corrected chi connectivity index (χ1v) is 6.54. The molecule has 1 aliphatic carbocycles. The van der Waals surface area contributed by atoms with Crippen LogP contribution < -0.4 is 5.32 Å². The molecule has 94 valence electrons. The summed E-state index contributed by atoms with van der Waals surface area (Å²) in [5, 5.41) is 4.09. The highest BCUT2D eigenvalue weighted by Crippen LogP contribution is 2.34. The predicted octanol–water partition coefficient (Wildman–Crippen LogP) is 3.02. The summed E-state index contributed by atoms with van der Waals surface area (Å²) in [5.74, 6) is 0.794. The maximum absolute atomic E-state index is 6.10. The van der Waals surface area contributed by atoms with Crippen LogP contribution in [0.4, 0.5) is 5.82 Å². The minimum Gasteiger partial charge on any atom is -0.367 e. The fourth-order valence-electron chi connectivity index (χ4n) is 2.58. The van der Waals surface area contributed by atoms with Crippen LogP contribution >= 0.6 is 11.6 Å².